The van der Waals surface area contributed by atoms with E-state index in [1.165, 1.54) is 0 Å². The molecule has 0 radical (unpaired) electrons. The molecule has 3 nitrogen and oxygen atoms in total. The number of hydrogen-bond donors (Lipinski definition) is 1. The van der Waals surface area contributed by atoms with Gasteiger partial charge in [0.05, 0.1) is 3.57 Å². The molecule has 0 unspecified atom stereocenters. The van der Waals surface area contributed by atoms with Crippen LogP contribution in [0.25, 0.3) is 0 Å². The highest BCUT2D eigenvalue weighted by molar-refractivity contribution is 14.1. The highest BCUT2D eigenvalue weighted by Gasteiger charge is 2.14. The lowest BCUT2D eigenvalue weighted by Crippen LogP contribution is -2.31. The second-order valence-electron chi connectivity index (χ2n) is 3.90. The molecule has 0 saturated heterocycles. The molecule has 0 fully saturated rings. The van der Waals surface area contributed by atoms with Crippen molar-refractivity contribution in [1.29, 1.82) is 0 Å². The average molecular weight is 347 g/mol. The first-order valence-corrected chi connectivity index (χ1v) is 6.95. The van der Waals surface area contributed by atoms with Gasteiger partial charge < -0.3 is 10.0 Å². The number of rotatable bonds is 5. The number of halogens is 1. The number of benzene rings is 1. The molecule has 1 aromatic carbocycles. The lowest BCUT2D eigenvalue weighted by molar-refractivity contribution is 0.0762. The van der Waals surface area contributed by atoms with E-state index < -0.39 is 0 Å². The van der Waals surface area contributed by atoms with Crippen molar-refractivity contribution in [3.05, 3.63) is 27.3 Å². The van der Waals surface area contributed by atoms with E-state index in [-0.39, 0.29) is 11.7 Å². The van der Waals surface area contributed by atoms with Crippen molar-refractivity contribution >= 4 is 28.5 Å². The summed E-state index contributed by atoms with van der Waals surface area (Å²) in [6.45, 7) is 5.55. The molecule has 1 rings (SSSR count). The number of phenols is 1. The van der Waals surface area contributed by atoms with Gasteiger partial charge in [0.15, 0.2) is 0 Å². The fourth-order valence-electron chi connectivity index (χ4n) is 1.58. The number of hydrogen-bond acceptors (Lipinski definition) is 2. The molecule has 0 bridgehead atoms. The van der Waals surface area contributed by atoms with Gasteiger partial charge in [-0.05, 0) is 54.1 Å². The van der Waals surface area contributed by atoms with Crippen molar-refractivity contribution in [3.8, 4) is 5.75 Å². The number of amides is 1. The number of carbonyl (C=O) groups is 1. The van der Waals surface area contributed by atoms with E-state index in [0.29, 0.717) is 12.1 Å². The molecule has 0 aliphatic heterocycles. The standard InChI is InChI=1S/C13H18INO2/c1-3-5-8-15(4-2)13(17)10-6-7-11(14)12(16)9-10/h6-7,9,16H,3-5,8H2,1-2H3. The van der Waals surface area contributed by atoms with Gasteiger partial charge in [0.25, 0.3) is 5.91 Å². The summed E-state index contributed by atoms with van der Waals surface area (Å²) in [7, 11) is 0. The first kappa shape index (κ1) is 14.3. The fraction of sp³-hybridized carbons (Fsp3) is 0.462. The normalized spacial score (nSPS) is 10.3. The summed E-state index contributed by atoms with van der Waals surface area (Å²) in [4.78, 5) is 14.0. The summed E-state index contributed by atoms with van der Waals surface area (Å²) in [6.07, 6.45) is 2.08. The molecule has 94 valence electrons. The number of carbonyl (C=O) groups excluding carboxylic acids is 1. The molecule has 1 aromatic rings. The van der Waals surface area contributed by atoms with Gasteiger partial charge in [0.2, 0.25) is 0 Å². The maximum Gasteiger partial charge on any atom is 0.253 e. The topological polar surface area (TPSA) is 40.5 Å². The molecule has 1 N–H and O–H groups in total. The summed E-state index contributed by atoms with van der Waals surface area (Å²) in [6, 6.07) is 5.06. The third-order valence-corrected chi connectivity index (χ3v) is 3.56. The molecule has 4 heteroatoms. The number of nitrogens with zero attached hydrogens (tertiary/aromatic N) is 1. The summed E-state index contributed by atoms with van der Waals surface area (Å²) in [5, 5.41) is 9.60. The quantitative estimate of drug-likeness (QED) is 0.831. The Morgan fingerprint density at radius 2 is 2.12 bits per heavy atom. The Morgan fingerprint density at radius 3 is 2.65 bits per heavy atom. The summed E-state index contributed by atoms with van der Waals surface area (Å²) in [5.74, 6) is 0.163. The van der Waals surface area contributed by atoms with Crippen molar-refractivity contribution in [2.75, 3.05) is 13.1 Å². The maximum absolute atomic E-state index is 12.2. The molecule has 1 amide bonds. The van der Waals surface area contributed by atoms with Crippen molar-refractivity contribution in [2.24, 2.45) is 0 Å². The van der Waals surface area contributed by atoms with E-state index in [9.17, 15) is 9.90 Å². The van der Waals surface area contributed by atoms with Crippen molar-refractivity contribution in [2.45, 2.75) is 26.7 Å². The van der Waals surface area contributed by atoms with E-state index >= 15 is 0 Å². The van der Waals surface area contributed by atoms with Crippen LogP contribution in [0.15, 0.2) is 18.2 Å². The molecule has 0 aliphatic carbocycles. The summed E-state index contributed by atoms with van der Waals surface area (Å²) >= 11 is 2.04. The van der Waals surface area contributed by atoms with Crippen LogP contribution in [0.4, 0.5) is 0 Å². The van der Waals surface area contributed by atoms with Crippen LogP contribution >= 0.6 is 22.6 Å². The molecule has 0 heterocycles. The van der Waals surface area contributed by atoms with Crippen molar-refractivity contribution in [3.63, 3.8) is 0 Å². The number of phenolic OH excluding ortho intramolecular Hbond substituents is 1. The van der Waals surface area contributed by atoms with Crippen LogP contribution in [-0.2, 0) is 0 Å². The van der Waals surface area contributed by atoms with E-state index in [1.807, 2.05) is 34.4 Å². The molecular weight excluding hydrogens is 329 g/mol. The smallest absolute Gasteiger partial charge is 0.253 e. The first-order valence-electron chi connectivity index (χ1n) is 5.88. The minimum atomic E-state index is -0.00681. The second-order valence-corrected chi connectivity index (χ2v) is 5.07. The van der Waals surface area contributed by atoms with Gasteiger partial charge in [-0.1, -0.05) is 13.3 Å². The van der Waals surface area contributed by atoms with Gasteiger partial charge in [-0.3, -0.25) is 4.79 Å². The van der Waals surface area contributed by atoms with Crippen LogP contribution in [0, 0.1) is 3.57 Å². The molecule has 0 spiro atoms. The molecule has 17 heavy (non-hydrogen) atoms. The third-order valence-electron chi connectivity index (χ3n) is 2.64. The van der Waals surface area contributed by atoms with Gasteiger partial charge in [0.1, 0.15) is 5.75 Å². The molecule has 0 atom stereocenters. The Morgan fingerprint density at radius 1 is 1.41 bits per heavy atom. The van der Waals surface area contributed by atoms with Crippen LogP contribution in [0.2, 0.25) is 0 Å². The van der Waals surface area contributed by atoms with Crippen LogP contribution in [0.3, 0.4) is 0 Å². The average Bonchev–Trinajstić information content (AvgIpc) is 2.33. The fourth-order valence-corrected chi connectivity index (χ4v) is 1.92. The summed E-state index contributed by atoms with van der Waals surface area (Å²) < 4.78 is 0.760. The Labute approximate surface area is 116 Å². The minimum absolute atomic E-state index is 0.00681. The third kappa shape index (κ3) is 3.87. The number of unbranched alkanes of at least 4 members (excludes halogenated alkanes) is 1. The van der Waals surface area contributed by atoms with E-state index in [4.69, 9.17) is 0 Å². The van der Waals surface area contributed by atoms with Gasteiger partial charge in [0, 0.05) is 18.7 Å². The van der Waals surface area contributed by atoms with Gasteiger partial charge in [-0.2, -0.15) is 0 Å². The predicted molar refractivity (Wildman–Crippen MR) is 77.3 cm³/mol. The summed E-state index contributed by atoms with van der Waals surface area (Å²) in [5.41, 5.74) is 0.556. The lowest BCUT2D eigenvalue weighted by atomic mass is 10.2. The minimum Gasteiger partial charge on any atom is -0.507 e. The van der Waals surface area contributed by atoms with Gasteiger partial charge in [-0.25, -0.2) is 0 Å². The SMILES string of the molecule is CCCCN(CC)C(=O)c1ccc(I)c(O)c1. The first-order chi connectivity index (χ1) is 8.10. The van der Waals surface area contributed by atoms with Crippen LogP contribution < -0.4 is 0 Å². The van der Waals surface area contributed by atoms with Crippen LogP contribution in [0.5, 0.6) is 5.75 Å². The maximum atomic E-state index is 12.2. The second kappa shape index (κ2) is 6.83. The highest BCUT2D eigenvalue weighted by atomic mass is 127. The Kier molecular flexibility index (Phi) is 5.74. The van der Waals surface area contributed by atoms with Crippen molar-refractivity contribution < 1.29 is 9.90 Å². The molecule has 0 saturated carbocycles. The van der Waals surface area contributed by atoms with Crippen LogP contribution in [0.1, 0.15) is 37.0 Å². The number of aromatic hydroxyl groups is 1. The van der Waals surface area contributed by atoms with Crippen molar-refractivity contribution in [1.82, 2.24) is 4.90 Å². The van der Waals surface area contributed by atoms with E-state index in [2.05, 4.69) is 6.92 Å². The molecule has 0 aromatic heterocycles. The zero-order valence-electron chi connectivity index (χ0n) is 10.2. The highest BCUT2D eigenvalue weighted by Crippen LogP contribution is 2.21. The predicted octanol–water partition coefficient (Wildman–Crippen LogP) is 3.26. The molecular formula is C13H18INO2. The van der Waals surface area contributed by atoms with Crippen LogP contribution in [-0.4, -0.2) is 29.0 Å². The van der Waals surface area contributed by atoms with Gasteiger partial charge in [-0.15, -0.1) is 0 Å². The zero-order valence-corrected chi connectivity index (χ0v) is 12.4. The Bertz CT molecular complexity index is 393. The Balaban J connectivity index is 2.82. The molecule has 0 aliphatic rings. The Hall–Kier alpha value is -0.780. The van der Waals surface area contributed by atoms with E-state index in [0.717, 1.165) is 23.0 Å². The van der Waals surface area contributed by atoms with Gasteiger partial charge >= 0.3 is 0 Å². The largest absolute Gasteiger partial charge is 0.507 e. The zero-order chi connectivity index (χ0) is 12.8. The lowest BCUT2D eigenvalue weighted by Gasteiger charge is -2.20. The monoisotopic (exact) mass is 347 g/mol. The van der Waals surface area contributed by atoms with E-state index in [1.54, 1.807) is 18.2 Å².